The Labute approximate surface area is 63.9 Å². The first kappa shape index (κ1) is 11.7. The summed E-state index contributed by atoms with van der Waals surface area (Å²) in [7, 11) is 0. The van der Waals surface area contributed by atoms with Gasteiger partial charge in [0, 0.05) is 0 Å². The van der Waals surface area contributed by atoms with Crippen molar-refractivity contribution >= 4 is 12.4 Å². The lowest BCUT2D eigenvalue weighted by atomic mass is 10.4. The van der Waals surface area contributed by atoms with Gasteiger partial charge in [-0.2, -0.15) is 0 Å². The van der Waals surface area contributed by atoms with Crippen LogP contribution in [-0.4, -0.2) is 13.1 Å². The monoisotopic (exact) mass is 149 g/mol. The average Bonchev–Trinajstić information content (AvgIpc) is 1.81. The zero-order valence-corrected chi connectivity index (χ0v) is 6.84. The van der Waals surface area contributed by atoms with Gasteiger partial charge in [-0.1, -0.05) is 13.0 Å². The van der Waals surface area contributed by atoms with Gasteiger partial charge in [0.2, 0.25) is 0 Å². The highest BCUT2D eigenvalue weighted by atomic mass is 35.5. The molecule has 2 heteroatoms. The molecule has 1 N–H and O–H groups in total. The molecule has 0 fully saturated rings. The summed E-state index contributed by atoms with van der Waals surface area (Å²) in [5, 5.41) is 3.26. The van der Waals surface area contributed by atoms with Gasteiger partial charge in [-0.05, 0) is 25.9 Å². The predicted molar refractivity (Wildman–Crippen MR) is 45.2 cm³/mol. The Morgan fingerprint density at radius 3 is 2.56 bits per heavy atom. The summed E-state index contributed by atoms with van der Waals surface area (Å²) >= 11 is 0. The fourth-order valence-electron chi connectivity index (χ4n) is 0.506. The smallest absolute Gasteiger partial charge is 0.00144 e. The molecule has 0 aromatic rings. The summed E-state index contributed by atoms with van der Waals surface area (Å²) < 4.78 is 0. The first-order chi connectivity index (χ1) is 3.91. The summed E-state index contributed by atoms with van der Waals surface area (Å²) in [5.41, 5.74) is 0. The highest BCUT2D eigenvalue weighted by Gasteiger charge is 1.78. The molecule has 0 aromatic carbocycles. The molecule has 0 saturated carbocycles. The van der Waals surface area contributed by atoms with Crippen molar-refractivity contribution in [3.63, 3.8) is 0 Å². The molecular weight excluding hydrogens is 134 g/mol. The van der Waals surface area contributed by atoms with Crippen molar-refractivity contribution in [3.05, 3.63) is 12.7 Å². The van der Waals surface area contributed by atoms with Crippen molar-refractivity contribution in [2.45, 2.75) is 19.8 Å². The first-order valence-electron chi connectivity index (χ1n) is 3.23. The van der Waals surface area contributed by atoms with Crippen molar-refractivity contribution in [3.8, 4) is 0 Å². The van der Waals surface area contributed by atoms with Crippen LogP contribution in [0.25, 0.3) is 0 Å². The van der Waals surface area contributed by atoms with Crippen LogP contribution >= 0.6 is 12.4 Å². The van der Waals surface area contributed by atoms with Gasteiger partial charge in [-0.25, -0.2) is 0 Å². The first-order valence-corrected chi connectivity index (χ1v) is 3.23. The Kier molecular flexibility index (Phi) is 14.2. The minimum absolute atomic E-state index is 0. The lowest BCUT2D eigenvalue weighted by Gasteiger charge is -1.96. The largest absolute Gasteiger partial charge is 0.316 e. The average molecular weight is 150 g/mol. The third kappa shape index (κ3) is 11.5. The maximum absolute atomic E-state index is 3.62. The van der Waals surface area contributed by atoms with Gasteiger partial charge in [-0.15, -0.1) is 19.0 Å². The molecule has 0 amide bonds. The van der Waals surface area contributed by atoms with Crippen LogP contribution in [0.2, 0.25) is 0 Å². The van der Waals surface area contributed by atoms with Crippen LogP contribution in [0.4, 0.5) is 0 Å². The highest BCUT2D eigenvalue weighted by molar-refractivity contribution is 5.85. The molecule has 9 heavy (non-hydrogen) atoms. The third-order valence-electron chi connectivity index (χ3n) is 0.952. The summed E-state index contributed by atoms with van der Waals surface area (Å²) in [5.74, 6) is 0. The Hall–Kier alpha value is -0.0100. The van der Waals surface area contributed by atoms with Crippen LogP contribution in [0.1, 0.15) is 19.8 Å². The molecule has 0 atom stereocenters. The maximum atomic E-state index is 3.62. The van der Waals surface area contributed by atoms with Crippen molar-refractivity contribution in [2.24, 2.45) is 0 Å². The Morgan fingerprint density at radius 2 is 2.11 bits per heavy atom. The van der Waals surface area contributed by atoms with E-state index in [1.165, 1.54) is 6.42 Å². The van der Waals surface area contributed by atoms with Gasteiger partial charge < -0.3 is 5.32 Å². The lowest BCUT2D eigenvalue weighted by Crippen LogP contribution is -2.14. The standard InChI is InChI=1S/C7H15N.ClH/c1-3-5-7-8-6-4-2;/h3,8H,1,4-7H2,2H3;1H. The van der Waals surface area contributed by atoms with E-state index in [4.69, 9.17) is 0 Å². The zero-order chi connectivity index (χ0) is 6.24. The quantitative estimate of drug-likeness (QED) is 0.466. The van der Waals surface area contributed by atoms with Gasteiger partial charge in [0.1, 0.15) is 0 Å². The normalized spacial score (nSPS) is 8.11. The lowest BCUT2D eigenvalue weighted by molar-refractivity contribution is 0.678. The molecule has 1 nitrogen and oxygen atoms in total. The number of rotatable bonds is 5. The Morgan fingerprint density at radius 1 is 1.44 bits per heavy atom. The summed E-state index contributed by atoms with van der Waals surface area (Å²) in [4.78, 5) is 0. The molecule has 0 heterocycles. The topological polar surface area (TPSA) is 12.0 Å². The van der Waals surface area contributed by atoms with E-state index in [0.29, 0.717) is 0 Å². The van der Waals surface area contributed by atoms with E-state index in [0.717, 1.165) is 19.5 Å². The third-order valence-corrected chi connectivity index (χ3v) is 0.952. The van der Waals surface area contributed by atoms with Crippen LogP contribution in [0.5, 0.6) is 0 Å². The van der Waals surface area contributed by atoms with E-state index >= 15 is 0 Å². The highest BCUT2D eigenvalue weighted by Crippen LogP contribution is 1.75. The van der Waals surface area contributed by atoms with E-state index in [2.05, 4.69) is 18.8 Å². The summed E-state index contributed by atoms with van der Waals surface area (Å²) in [6, 6.07) is 0. The SMILES string of the molecule is C=CCCNCCC.Cl. The number of halogens is 1. The zero-order valence-electron chi connectivity index (χ0n) is 6.02. The molecule has 56 valence electrons. The second-order valence-electron chi connectivity index (χ2n) is 1.83. The molecule has 0 rings (SSSR count). The Balaban J connectivity index is 0. The van der Waals surface area contributed by atoms with E-state index in [1.807, 2.05) is 6.08 Å². The molecular formula is C7H16ClN. The number of nitrogens with one attached hydrogen (secondary N) is 1. The molecule has 0 saturated heterocycles. The molecule has 0 spiro atoms. The summed E-state index contributed by atoms with van der Waals surface area (Å²) in [6.07, 6.45) is 4.24. The van der Waals surface area contributed by atoms with Gasteiger partial charge >= 0.3 is 0 Å². The molecule has 0 aliphatic heterocycles. The molecule has 0 unspecified atom stereocenters. The molecule has 0 radical (unpaired) electrons. The minimum Gasteiger partial charge on any atom is -0.316 e. The predicted octanol–water partition coefficient (Wildman–Crippen LogP) is 1.98. The van der Waals surface area contributed by atoms with E-state index in [1.54, 1.807) is 0 Å². The van der Waals surface area contributed by atoms with Crippen LogP contribution in [-0.2, 0) is 0 Å². The minimum atomic E-state index is 0. The maximum Gasteiger partial charge on any atom is -0.00144 e. The van der Waals surface area contributed by atoms with Gasteiger partial charge in [0.25, 0.3) is 0 Å². The van der Waals surface area contributed by atoms with E-state index < -0.39 is 0 Å². The van der Waals surface area contributed by atoms with Crippen LogP contribution in [0, 0.1) is 0 Å². The van der Waals surface area contributed by atoms with E-state index in [9.17, 15) is 0 Å². The van der Waals surface area contributed by atoms with Crippen molar-refractivity contribution in [1.82, 2.24) is 5.32 Å². The second kappa shape index (κ2) is 10.9. The van der Waals surface area contributed by atoms with E-state index in [-0.39, 0.29) is 12.4 Å². The van der Waals surface area contributed by atoms with Crippen molar-refractivity contribution in [1.29, 1.82) is 0 Å². The molecule has 0 bridgehead atoms. The molecule has 0 aliphatic carbocycles. The second-order valence-corrected chi connectivity index (χ2v) is 1.83. The van der Waals surface area contributed by atoms with Gasteiger partial charge in [0.15, 0.2) is 0 Å². The Bertz CT molecular complexity index is 54.9. The molecule has 0 aliphatic rings. The number of hydrogen-bond donors (Lipinski definition) is 1. The van der Waals surface area contributed by atoms with Gasteiger partial charge in [0.05, 0.1) is 0 Å². The molecule has 0 aromatic heterocycles. The van der Waals surface area contributed by atoms with Crippen molar-refractivity contribution in [2.75, 3.05) is 13.1 Å². The fourth-order valence-corrected chi connectivity index (χ4v) is 0.506. The van der Waals surface area contributed by atoms with Crippen LogP contribution in [0.15, 0.2) is 12.7 Å². The number of hydrogen-bond acceptors (Lipinski definition) is 1. The van der Waals surface area contributed by atoms with Crippen molar-refractivity contribution < 1.29 is 0 Å². The summed E-state index contributed by atoms with van der Waals surface area (Å²) in [6.45, 7) is 8.00. The van der Waals surface area contributed by atoms with Crippen LogP contribution < -0.4 is 5.32 Å². The van der Waals surface area contributed by atoms with Crippen LogP contribution in [0.3, 0.4) is 0 Å². The van der Waals surface area contributed by atoms with Gasteiger partial charge in [-0.3, -0.25) is 0 Å². The fraction of sp³-hybridized carbons (Fsp3) is 0.714.